The molecule has 2 rings (SSSR count). The summed E-state index contributed by atoms with van der Waals surface area (Å²) >= 11 is 0. The van der Waals surface area contributed by atoms with E-state index in [1.165, 1.54) is 12.0 Å². The third kappa shape index (κ3) is 3.71. The van der Waals surface area contributed by atoms with Gasteiger partial charge in [-0.3, -0.25) is 0 Å². The molecule has 1 aliphatic rings. The summed E-state index contributed by atoms with van der Waals surface area (Å²) in [5.41, 5.74) is -0.675. The predicted octanol–water partition coefficient (Wildman–Crippen LogP) is 2.14. The molecular weight excluding hydrogens is 306 g/mol. The second kappa shape index (κ2) is 6.29. The first kappa shape index (κ1) is 16.2. The third-order valence-electron chi connectivity index (χ3n) is 3.21. The van der Waals surface area contributed by atoms with Crippen molar-refractivity contribution in [1.29, 1.82) is 0 Å². The number of hydrogen-bond donors (Lipinski definition) is 0. The molecule has 0 saturated carbocycles. The van der Waals surface area contributed by atoms with Crippen molar-refractivity contribution < 1.29 is 27.1 Å². The van der Waals surface area contributed by atoms with Crippen molar-refractivity contribution in [3.8, 4) is 0 Å². The zero-order valence-electron chi connectivity index (χ0n) is 11.6. The Balaban J connectivity index is 2.07. The van der Waals surface area contributed by atoms with Gasteiger partial charge in [0.05, 0.1) is 19.2 Å². The number of piperidine rings is 1. The quantitative estimate of drug-likeness (QED) is 0.475. The first-order valence-corrected chi connectivity index (χ1v) is 6.38. The number of hydrogen-bond acceptors (Lipinski definition) is 5. The largest absolute Gasteiger partial charge is 0.466 e. The monoisotopic (exact) mass is 319 g/mol. The van der Waals surface area contributed by atoms with Gasteiger partial charge in [-0.05, 0) is 12.0 Å². The number of methoxy groups -OCH3 is 1. The first-order chi connectivity index (χ1) is 10.3. The Morgan fingerprint density at radius 2 is 2.05 bits per heavy atom. The number of halogens is 4. The lowest BCUT2D eigenvalue weighted by atomic mass is 10.0. The molecule has 22 heavy (non-hydrogen) atoms. The molecule has 0 N–H and O–H groups in total. The molecule has 120 valence electrons. The Morgan fingerprint density at radius 3 is 2.55 bits per heavy atom. The number of esters is 1. The highest BCUT2D eigenvalue weighted by atomic mass is 19.4. The van der Waals surface area contributed by atoms with E-state index in [0.29, 0.717) is 18.9 Å². The molecule has 0 radical (unpaired) electrons. The Kier molecular flexibility index (Phi) is 4.62. The SMILES string of the molecule is COC(=O)C=C1CCN(c2ncc(C(F)(F)F)cn2)CC1F. The van der Waals surface area contributed by atoms with E-state index in [1.54, 1.807) is 0 Å². The minimum Gasteiger partial charge on any atom is -0.466 e. The summed E-state index contributed by atoms with van der Waals surface area (Å²) in [6, 6.07) is 0. The molecule has 1 unspecified atom stereocenters. The molecule has 0 bridgehead atoms. The maximum absolute atomic E-state index is 14.0. The lowest BCUT2D eigenvalue weighted by molar-refractivity contribution is -0.138. The van der Waals surface area contributed by atoms with Gasteiger partial charge in [-0.15, -0.1) is 0 Å². The van der Waals surface area contributed by atoms with E-state index in [1.807, 2.05) is 0 Å². The fourth-order valence-corrected chi connectivity index (χ4v) is 2.01. The summed E-state index contributed by atoms with van der Waals surface area (Å²) in [5.74, 6) is -0.621. The Hall–Kier alpha value is -2.19. The van der Waals surface area contributed by atoms with Crippen molar-refractivity contribution in [3.63, 3.8) is 0 Å². The summed E-state index contributed by atoms with van der Waals surface area (Å²) in [4.78, 5) is 19.8. The zero-order chi connectivity index (χ0) is 16.3. The molecule has 2 heterocycles. The van der Waals surface area contributed by atoms with Crippen LogP contribution >= 0.6 is 0 Å². The average Bonchev–Trinajstić information content (AvgIpc) is 2.48. The smallest absolute Gasteiger partial charge is 0.419 e. The van der Waals surface area contributed by atoms with Gasteiger partial charge in [-0.25, -0.2) is 19.2 Å². The van der Waals surface area contributed by atoms with Gasteiger partial charge >= 0.3 is 12.1 Å². The van der Waals surface area contributed by atoms with E-state index >= 15 is 0 Å². The van der Waals surface area contributed by atoms with E-state index in [9.17, 15) is 22.4 Å². The van der Waals surface area contributed by atoms with Crippen LogP contribution < -0.4 is 4.90 Å². The van der Waals surface area contributed by atoms with Gasteiger partial charge in [0.15, 0.2) is 0 Å². The summed E-state index contributed by atoms with van der Waals surface area (Å²) in [5, 5.41) is 0. The number of alkyl halides is 4. The highest BCUT2D eigenvalue weighted by Gasteiger charge is 2.32. The van der Waals surface area contributed by atoms with Crippen molar-refractivity contribution in [1.82, 2.24) is 9.97 Å². The van der Waals surface area contributed by atoms with E-state index in [4.69, 9.17) is 0 Å². The summed E-state index contributed by atoms with van der Waals surface area (Å²) < 4.78 is 55.7. The molecule has 0 amide bonds. The fraction of sp³-hybridized carbons (Fsp3) is 0.462. The Bertz CT molecular complexity index is 572. The minimum atomic E-state index is -4.51. The van der Waals surface area contributed by atoms with Gasteiger partial charge in [0, 0.05) is 25.0 Å². The Labute approximate surface area is 123 Å². The van der Waals surface area contributed by atoms with Gasteiger partial charge in [0.2, 0.25) is 5.95 Å². The zero-order valence-corrected chi connectivity index (χ0v) is 11.6. The molecule has 0 aromatic carbocycles. The summed E-state index contributed by atoms with van der Waals surface area (Å²) in [6.07, 6.45) is -3.29. The molecule has 1 saturated heterocycles. The van der Waals surface area contributed by atoms with Crippen LogP contribution in [0.5, 0.6) is 0 Å². The number of ether oxygens (including phenoxy) is 1. The molecule has 1 fully saturated rings. The van der Waals surface area contributed by atoms with Crippen LogP contribution in [-0.4, -0.2) is 42.3 Å². The highest BCUT2D eigenvalue weighted by molar-refractivity contribution is 5.82. The fourth-order valence-electron chi connectivity index (χ4n) is 2.01. The van der Waals surface area contributed by atoms with Crippen molar-refractivity contribution in [3.05, 3.63) is 29.6 Å². The van der Waals surface area contributed by atoms with Crippen LogP contribution in [0.2, 0.25) is 0 Å². The maximum Gasteiger partial charge on any atom is 0.419 e. The van der Waals surface area contributed by atoms with Crippen LogP contribution in [0.25, 0.3) is 0 Å². The second-order valence-corrected chi connectivity index (χ2v) is 4.68. The average molecular weight is 319 g/mol. The van der Waals surface area contributed by atoms with Crippen LogP contribution in [-0.2, 0) is 15.7 Å². The van der Waals surface area contributed by atoms with Crippen LogP contribution in [0.3, 0.4) is 0 Å². The number of anilines is 1. The van der Waals surface area contributed by atoms with Crippen LogP contribution in [0.15, 0.2) is 24.0 Å². The van der Waals surface area contributed by atoms with E-state index in [-0.39, 0.29) is 24.5 Å². The number of carbonyl (C=O) groups excluding carboxylic acids is 1. The van der Waals surface area contributed by atoms with Crippen molar-refractivity contribution in [2.45, 2.75) is 18.8 Å². The molecule has 1 aliphatic heterocycles. The summed E-state index contributed by atoms with van der Waals surface area (Å²) in [6.45, 7) is 0.169. The van der Waals surface area contributed by atoms with E-state index in [2.05, 4.69) is 14.7 Å². The topological polar surface area (TPSA) is 55.3 Å². The molecule has 9 heteroatoms. The lowest BCUT2D eigenvalue weighted by Gasteiger charge is -2.30. The van der Waals surface area contributed by atoms with E-state index < -0.39 is 23.9 Å². The van der Waals surface area contributed by atoms with Crippen molar-refractivity contribution in [2.24, 2.45) is 0 Å². The number of aromatic nitrogens is 2. The van der Waals surface area contributed by atoms with Gasteiger partial charge in [-0.1, -0.05) is 0 Å². The molecule has 1 atom stereocenters. The third-order valence-corrected chi connectivity index (χ3v) is 3.21. The molecule has 1 aromatic heterocycles. The van der Waals surface area contributed by atoms with E-state index in [0.717, 1.165) is 6.08 Å². The normalized spacial score (nSPS) is 21.0. The van der Waals surface area contributed by atoms with Crippen LogP contribution in [0, 0.1) is 0 Å². The number of carbonyl (C=O) groups is 1. The molecular formula is C13H13F4N3O2. The molecule has 0 spiro atoms. The maximum atomic E-state index is 14.0. The van der Waals surface area contributed by atoms with Crippen LogP contribution in [0.4, 0.5) is 23.5 Å². The minimum absolute atomic E-state index is 0.0211. The van der Waals surface area contributed by atoms with Crippen LogP contribution in [0.1, 0.15) is 12.0 Å². The number of nitrogens with zero attached hydrogens (tertiary/aromatic N) is 3. The van der Waals surface area contributed by atoms with Gasteiger partial charge < -0.3 is 9.64 Å². The highest BCUT2D eigenvalue weighted by Crippen LogP contribution is 2.29. The lowest BCUT2D eigenvalue weighted by Crippen LogP contribution is -2.39. The second-order valence-electron chi connectivity index (χ2n) is 4.68. The van der Waals surface area contributed by atoms with Crippen molar-refractivity contribution in [2.75, 3.05) is 25.1 Å². The van der Waals surface area contributed by atoms with Gasteiger partial charge in [0.25, 0.3) is 0 Å². The molecule has 1 aromatic rings. The van der Waals surface area contributed by atoms with Crippen molar-refractivity contribution >= 4 is 11.9 Å². The molecule has 0 aliphatic carbocycles. The predicted molar refractivity (Wildman–Crippen MR) is 68.9 cm³/mol. The van der Waals surface area contributed by atoms with Gasteiger partial charge in [-0.2, -0.15) is 13.2 Å². The Morgan fingerprint density at radius 1 is 1.41 bits per heavy atom. The van der Waals surface area contributed by atoms with Gasteiger partial charge in [0.1, 0.15) is 6.17 Å². The first-order valence-electron chi connectivity index (χ1n) is 6.38. The number of rotatable bonds is 2. The summed E-state index contributed by atoms with van der Waals surface area (Å²) in [7, 11) is 1.19. The molecule has 5 nitrogen and oxygen atoms in total. The standard InChI is InChI=1S/C13H13F4N3O2/c1-22-11(21)4-8-2-3-20(7-10(8)14)12-18-5-9(6-19-12)13(15,16)17/h4-6,10H,2-3,7H2,1H3.